The summed E-state index contributed by atoms with van der Waals surface area (Å²) in [6.07, 6.45) is 6.66. The summed E-state index contributed by atoms with van der Waals surface area (Å²) in [5.41, 5.74) is 10.1. The van der Waals surface area contributed by atoms with Crippen LogP contribution in [0.1, 0.15) is 23.1 Å². The van der Waals surface area contributed by atoms with E-state index in [0.29, 0.717) is 0 Å². The van der Waals surface area contributed by atoms with Crippen molar-refractivity contribution in [3.8, 4) is 0 Å². The zero-order chi connectivity index (χ0) is 12.8. The molecule has 0 aliphatic heterocycles. The lowest BCUT2D eigenvalue weighted by Crippen LogP contribution is -2.23. The summed E-state index contributed by atoms with van der Waals surface area (Å²) < 4.78 is 0. The fourth-order valence-electron chi connectivity index (χ4n) is 2.15. The van der Waals surface area contributed by atoms with Crippen molar-refractivity contribution in [2.45, 2.75) is 32.2 Å². The predicted octanol–water partition coefficient (Wildman–Crippen LogP) is 2.89. The van der Waals surface area contributed by atoms with E-state index in [1.165, 1.54) is 16.7 Å². The molecule has 0 saturated heterocycles. The Labute approximate surface area is 109 Å². The van der Waals surface area contributed by atoms with Gasteiger partial charge in [0.25, 0.3) is 0 Å². The average Bonchev–Trinajstić information content (AvgIpc) is 2.38. The molecule has 1 aromatic heterocycles. The van der Waals surface area contributed by atoms with E-state index in [2.05, 4.69) is 48.3 Å². The molecule has 0 fully saturated rings. The van der Waals surface area contributed by atoms with Crippen LogP contribution in [0, 0.1) is 6.92 Å². The fraction of sp³-hybridized carbons (Fsp3) is 0.312. The van der Waals surface area contributed by atoms with Gasteiger partial charge in [-0.05, 0) is 49.4 Å². The molecule has 0 aliphatic carbocycles. The maximum absolute atomic E-state index is 6.19. The zero-order valence-electron chi connectivity index (χ0n) is 10.8. The Morgan fingerprint density at radius 2 is 1.89 bits per heavy atom. The van der Waals surface area contributed by atoms with Gasteiger partial charge in [-0.2, -0.15) is 0 Å². The van der Waals surface area contributed by atoms with E-state index < -0.39 is 0 Å². The van der Waals surface area contributed by atoms with Crippen molar-refractivity contribution in [1.29, 1.82) is 0 Å². The molecule has 2 N–H and O–H groups in total. The quantitative estimate of drug-likeness (QED) is 0.872. The topological polar surface area (TPSA) is 38.9 Å². The van der Waals surface area contributed by atoms with Gasteiger partial charge in [0.05, 0.1) is 0 Å². The summed E-state index contributed by atoms with van der Waals surface area (Å²) in [5, 5.41) is 0. The molecule has 2 rings (SSSR count). The predicted molar refractivity (Wildman–Crippen MR) is 75.4 cm³/mol. The van der Waals surface area contributed by atoms with Crippen LogP contribution in [-0.2, 0) is 12.8 Å². The molecule has 2 aromatic rings. The molecule has 18 heavy (non-hydrogen) atoms. The van der Waals surface area contributed by atoms with Gasteiger partial charge in [-0.15, -0.1) is 0 Å². The highest BCUT2D eigenvalue weighted by Gasteiger charge is 2.04. The van der Waals surface area contributed by atoms with E-state index in [0.717, 1.165) is 19.3 Å². The van der Waals surface area contributed by atoms with Crippen LogP contribution in [0.15, 0.2) is 48.8 Å². The van der Waals surface area contributed by atoms with Gasteiger partial charge >= 0.3 is 0 Å². The molecule has 1 aromatic carbocycles. The highest BCUT2D eigenvalue weighted by Crippen LogP contribution is 2.09. The number of rotatable bonds is 5. The third-order valence-electron chi connectivity index (χ3n) is 3.13. The molecule has 2 nitrogen and oxygen atoms in total. The van der Waals surface area contributed by atoms with Crippen LogP contribution in [0.4, 0.5) is 0 Å². The maximum atomic E-state index is 6.19. The van der Waals surface area contributed by atoms with Gasteiger partial charge < -0.3 is 5.73 Å². The Bertz CT molecular complexity index is 479. The zero-order valence-corrected chi connectivity index (χ0v) is 10.8. The molecule has 0 radical (unpaired) electrons. The van der Waals surface area contributed by atoms with Gasteiger partial charge in [-0.25, -0.2) is 0 Å². The summed E-state index contributed by atoms with van der Waals surface area (Å²) in [5.74, 6) is 0. The molecule has 0 saturated carbocycles. The number of aromatic nitrogens is 1. The van der Waals surface area contributed by atoms with Crippen molar-refractivity contribution in [3.63, 3.8) is 0 Å². The molecule has 0 aliphatic rings. The Kier molecular flexibility index (Phi) is 4.48. The van der Waals surface area contributed by atoms with Crippen molar-refractivity contribution in [1.82, 2.24) is 4.98 Å². The number of nitrogens with zero attached hydrogens (tertiary/aromatic N) is 1. The van der Waals surface area contributed by atoms with Crippen LogP contribution in [0.2, 0.25) is 0 Å². The smallest absolute Gasteiger partial charge is 0.0270 e. The second kappa shape index (κ2) is 6.31. The first-order valence-corrected chi connectivity index (χ1v) is 6.44. The van der Waals surface area contributed by atoms with Gasteiger partial charge in [0.1, 0.15) is 0 Å². The van der Waals surface area contributed by atoms with Crippen LogP contribution in [0.25, 0.3) is 0 Å². The van der Waals surface area contributed by atoms with Crippen LogP contribution < -0.4 is 5.73 Å². The van der Waals surface area contributed by atoms with Crippen LogP contribution in [-0.4, -0.2) is 11.0 Å². The molecule has 0 bridgehead atoms. The van der Waals surface area contributed by atoms with Gasteiger partial charge in [0.2, 0.25) is 0 Å². The van der Waals surface area contributed by atoms with Crippen molar-refractivity contribution < 1.29 is 0 Å². The van der Waals surface area contributed by atoms with Crippen molar-refractivity contribution >= 4 is 0 Å². The van der Waals surface area contributed by atoms with Gasteiger partial charge in [-0.1, -0.05) is 29.8 Å². The minimum Gasteiger partial charge on any atom is -0.327 e. The minimum atomic E-state index is 0.222. The van der Waals surface area contributed by atoms with E-state index in [4.69, 9.17) is 5.73 Å². The summed E-state index contributed by atoms with van der Waals surface area (Å²) in [6, 6.07) is 12.9. The average molecular weight is 240 g/mol. The summed E-state index contributed by atoms with van der Waals surface area (Å²) in [4.78, 5) is 4.02. The fourth-order valence-corrected chi connectivity index (χ4v) is 2.15. The number of benzene rings is 1. The Morgan fingerprint density at radius 1 is 1.11 bits per heavy atom. The number of nitrogens with two attached hydrogens (primary N) is 1. The molecule has 2 heteroatoms. The molecule has 1 unspecified atom stereocenters. The highest BCUT2D eigenvalue weighted by atomic mass is 14.6. The highest BCUT2D eigenvalue weighted by molar-refractivity contribution is 5.23. The molecular weight excluding hydrogens is 220 g/mol. The van der Waals surface area contributed by atoms with E-state index in [9.17, 15) is 0 Å². The first-order chi connectivity index (χ1) is 8.74. The Hall–Kier alpha value is -1.67. The number of aryl methyl sites for hydroxylation is 2. The second-order valence-electron chi connectivity index (χ2n) is 4.85. The molecule has 0 spiro atoms. The third-order valence-corrected chi connectivity index (χ3v) is 3.13. The molecular formula is C16H20N2. The van der Waals surface area contributed by atoms with Gasteiger partial charge in [-0.3, -0.25) is 4.98 Å². The summed E-state index contributed by atoms with van der Waals surface area (Å²) >= 11 is 0. The summed E-state index contributed by atoms with van der Waals surface area (Å²) in [7, 11) is 0. The lowest BCUT2D eigenvalue weighted by Gasteiger charge is -2.12. The largest absolute Gasteiger partial charge is 0.327 e. The molecule has 0 amide bonds. The standard InChI is InChI=1S/C16H20N2/c1-13-3-2-4-15(11-13)12-16(17)6-5-14-7-9-18-10-8-14/h2-4,7-11,16H,5-6,12,17H2,1H3. The minimum absolute atomic E-state index is 0.222. The lowest BCUT2D eigenvalue weighted by molar-refractivity contribution is 0.610. The number of pyridine rings is 1. The van der Waals surface area contributed by atoms with E-state index in [-0.39, 0.29) is 6.04 Å². The Morgan fingerprint density at radius 3 is 2.61 bits per heavy atom. The summed E-state index contributed by atoms with van der Waals surface area (Å²) in [6.45, 7) is 2.12. The van der Waals surface area contributed by atoms with Crippen LogP contribution in [0.3, 0.4) is 0 Å². The van der Waals surface area contributed by atoms with Crippen LogP contribution in [0.5, 0.6) is 0 Å². The van der Waals surface area contributed by atoms with Crippen molar-refractivity contribution in [2.75, 3.05) is 0 Å². The first kappa shape index (κ1) is 12.8. The monoisotopic (exact) mass is 240 g/mol. The molecule has 1 atom stereocenters. The maximum Gasteiger partial charge on any atom is 0.0270 e. The SMILES string of the molecule is Cc1cccc(CC(N)CCc2ccncc2)c1. The van der Waals surface area contributed by atoms with Gasteiger partial charge in [0, 0.05) is 18.4 Å². The van der Waals surface area contributed by atoms with E-state index >= 15 is 0 Å². The van der Waals surface area contributed by atoms with Crippen molar-refractivity contribution in [2.24, 2.45) is 5.73 Å². The van der Waals surface area contributed by atoms with E-state index in [1.54, 1.807) is 0 Å². The second-order valence-corrected chi connectivity index (χ2v) is 4.85. The van der Waals surface area contributed by atoms with Crippen molar-refractivity contribution in [3.05, 3.63) is 65.5 Å². The Balaban J connectivity index is 1.84. The van der Waals surface area contributed by atoms with Gasteiger partial charge in [0.15, 0.2) is 0 Å². The van der Waals surface area contributed by atoms with Crippen LogP contribution >= 0.6 is 0 Å². The number of hydrogen-bond donors (Lipinski definition) is 1. The lowest BCUT2D eigenvalue weighted by atomic mass is 9.99. The molecule has 1 heterocycles. The normalized spacial score (nSPS) is 12.3. The third kappa shape index (κ3) is 3.97. The van der Waals surface area contributed by atoms with E-state index in [1.807, 2.05) is 12.4 Å². The number of hydrogen-bond acceptors (Lipinski definition) is 2. The molecule has 94 valence electrons. The first-order valence-electron chi connectivity index (χ1n) is 6.44.